The van der Waals surface area contributed by atoms with Crippen molar-refractivity contribution in [1.82, 2.24) is 20.4 Å². The van der Waals surface area contributed by atoms with Crippen LogP contribution < -0.4 is 16.1 Å². The number of hydrogen-bond donors (Lipinski definition) is 2. The molecule has 2 amide bonds. The van der Waals surface area contributed by atoms with Gasteiger partial charge in [0, 0.05) is 18.3 Å². The summed E-state index contributed by atoms with van der Waals surface area (Å²) >= 11 is 0. The molecule has 2 N–H and O–H groups in total. The Bertz CT molecular complexity index is 848. The normalized spacial score (nSPS) is 10.4. The first-order valence-electron chi connectivity index (χ1n) is 7.84. The summed E-state index contributed by atoms with van der Waals surface area (Å²) in [7, 11) is 0. The van der Waals surface area contributed by atoms with E-state index in [1.165, 1.54) is 28.9 Å². The van der Waals surface area contributed by atoms with Crippen molar-refractivity contribution in [3.05, 3.63) is 57.8 Å². The van der Waals surface area contributed by atoms with Gasteiger partial charge >= 0.3 is 0 Å². The molecule has 0 aliphatic rings. The van der Waals surface area contributed by atoms with E-state index in [4.69, 9.17) is 0 Å². The fraction of sp³-hybridized carbons (Fsp3) is 0.294. The van der Waals surface area contributed by atoms with E-state index in [9.17, 15) is 18.8 Å². The van der Waals surface area contributed by atoms with Crippen LogP contribution in [0.4, 0.5) is 4.39 Å². The SMILES string of the molecule is CCCNC(=O)CNC(=O)c1nn(-c2ccccc2F)c(C)cc1=O. The first-order valence-corrected chi connectivity index (χ1v) is 7.84. The van der Waals surface area contributed by atoms with Crippen LogP contribution in [0.2, 0.25) is 0 Å². The maximum Gasteiger partial charge on any atom is 0.276 e. The first kappa shape index (κ1) is 18.3. The molecule has 0 atom stereocenters. The second-order valence-corrected chi connectivity index (χ2v) is 5.39. The molecule has 1 aromatic heterocycles. The summed E-state index contributed by atoms with van der Waals surface area (Å²) in [5.41, 5.74) is -0.504. The van der Waals surface area contributed by atoms with Crippen LogP contribution in [0.25, 0.3) is 5.69 Å². The van der Waals surface area contributed by atoms with E-state index in [0.717, 1.165) is 6.42 Å². The van der Waals surface area contributed by atoms with Gasteiger partial charge in [0.1, 0.15) is 11.5 Å². The average Bonchev–Trinajstić information content (AvgIpc) is 2.59. The van der Waals surface area contributed by atoms with Gasteiger partial charge in [0.05, 0.1) is 6.54 Å². The molecule has 0 spiro atoms. The lowest BCUT2D eigenvalue weighted by atomic mass is 10.2. The third kappa shape index (κ3) is 4.50. The Balaban J connectivity index is 2.25. The first-order chi connectivity index (χ1) is 11.9. The van der Waals surface area contributed by atoms with E-state index < -0.39 is 22.8 Å². The maximum atomic E-state index is 14.0. The van der Waals surface area contributed by atoms with Crippen LogP contribution in [-0.2, 0) is 4.79 Å². The van der Waals surface area contributed by atoms with E-state index in [1.807, 2.05) is 6.92 Å². The molecule has 8 heteroatoms. The van der Waals surface area contributed by atoms with Crippen molar-refractivity contribution < 1.29 is 14.0 Å². The summed E-state index contributed by atoms with van der Waals surface area (Å²) in [5.74, 6) is -1.69. The average molecular weight is 346 g/mol. The maximum absolute atomic E-state index is 14.0. The molecule has 132 valence electrons. The highest BCUT2D eigenvalue weighted by Gasteiger charge is 2.17. The molecule has 1 heterocycles. The van der Waals surface area contributed by atoms with Crippen molar-refractivity contribution in [2.75, 3.05) is 13.1 Å². The van der Waals surface area contributed by atoms with Gasteiger partial charge in [-0.2, -0.15) is 5.10 Å². The smallest absolute Gasteiger partial charge is 0.276 e. The Kier molecular flexibility index (Phi) is 5.99. The molecule has 25 heavy (non-hydrogen) atoms. The number of para-hydroxylation sites is 1. The number of carbonyl (C=O) groups is 2. The van der Waals surface area contributed by atoms with Crippen LogP contribution in [0, 0.1) is 12.7 Å². The molecule has 0 unspecified atom stereocenters. The van der Waals surface area contributed by atoms with Crippen LogP contribution in [0.15, 0.2) is 35.1 Å². The number of halogens is 1. The zero-order valence-electron chi connectivity index (χ0n) is 14.0. The second kappa shape index (κ2) is 8.18. The van der Waals surface area contributed by atoms with Crippen molar-refractivity contribution in [3.8, 4) is 5.69 Å². The Hall–Kier alpha value is -3.03. The van der Waals surface area contributed by atoms with Crippen molar-refractivity contribution in [2.24, 2.45) is 0 Å². The molecule has 0 saturated carbocycles. The Morgan fingerprint density at radius 2 is 1.96 bits per heavy atom. The molecule has 7 nitrogen and oxygen atoms in total. The molecule has 0 aliphatic heterocycles. The predicted octanol–water partition coefficient (Wildman–Crippen LogP) is 0.936. The number of rotatable bonds is 6. The van der Waals surface area contributed by atoms with Crippen molar-refractivity contribution >= 4 is 11.8 Å². The summed E-state index contributed by atoms with van der Waals surface area (Å²) in [6.45, 7) is 3.71. The Morgan fingerprint density at radius 3 is 2.64 bits per heavy atom. The van der Waals surface area contributed by atoms with Gasteiger partial charge < -0.3 is 10.6 Å². The minimum absolute atomic E-state index is 0.120. The highest BCUT2D eigenvalue weighted by molar-refractivity contribution is 5.94. The third-order valence-corrected chi connectivity index (χ3v) is 3.38. The minimum Gasteiger partial charge on any atom is -0.355 e. The van der Waals surface area contributed by atoms with Gasteiger partial charge in [-0.05, 0) is 25.5 Å². The highest BCUT2D eigenvalue weighted by atomic mass is 19.1. The Labute approximate surface area is 143 Å². The number of nitrogens with zero attached hydrogens (tertiary/aromatic N) is 2. The van der Waals surface area contributed by atoms with E-state index in [2.05, 4.69) is 15.7 Å². The number of aromatic nitrogens is 2. The number of nitrogens with one attached hydrogen (secondary N) is 2. The lowest BCUT2D eigenvalue weighted by molar-refractivity contribution is -0.120. The Morgan fingerprint density at radius 1 is 1.24 bits per heavy atom. The van der Waals surface area contributed by atoms with E-state index >= 15 is 0 Å². The summed E-state index contributed by atoms with van der Waals surface area (Å²) in [6.07, 6.45) is 0.770. The summed E-state index contributed by atoms with van der Waals surface area (Å²) in [4.78, 5) is 35.7. The quantitative estimate of drug-likeness (QED) is 0.814. The standard InChI is InChI=1S/C17H19FN4O3/c1-3-8-19-15(24)10-20-17(25)16-14(23)9-11(2)22(21-16)13-7-5-4-6-12(13)18/h4-7,9H,3,8,10H2,1-2H3,(H,19,24)(H,20,25). The molecule has 1 aromatic carbocycles. The topological polar surface area (TPSA) is 93.1 Å². The van der Waals surface area contributed by atoms with E-state index in [-0.39, 0.29) is 18.1 Å². The molecule has 2 rings (SSSR count). The zero-order chi connectivity index (χ0) is 18.4. The molecule has 0 radical (unpaired) electrons. The second-order valence-electron chi connectivity index (χ2n) is 5.39. The van der Waals surface area contributed by atoms with Crippen molar-refractivity contribution in [3.63, 3.8) is 0 Å². The summed E-state index contributed by atoms with van der Waals surface area (Å²) in [5, 5.41) is 8.90. The van der Waals surface area contributed by atoms with Gasteiger partial charge in [0.25, 0.3) is 5.91 Å². The van der Waals surface area contributed by atoms with Crippen LogP contribution in [0.3, 0.4) is 0 Å². The predicted molar refractivity (Wildman–Crippen MR) is 90.2 cm³/mol. The lowest BCUT2D eigenvalue weighted by Crippen LogP contribution is -2.39. The number of aryl methyl sites for hydroxylation is 1. The van der Waals surface area contributed by atoms with Gasteiger partial charge in [-0.15, -0.1) is 0 Å². The van der Waals surface area contributed by atoms with E-state index in [1.54, 1.807) is 13.0 Å². The fourth-order valence-electron chi connectivity index (χ4n) is 2.14. The number of carbonyl (C=O) groups excluding carboxylic acids is 2. The minimum atomic E-state index is -0.790. The molecule has 0 bridgehead atoms. The number of benzene rings is 1. The molecule has 0 fully saturated rings. The molecular formula is C17H19FN4O3. The van der Waals surface area contributed by atoms with Gasteiger partial charge in [-0.25, -0.2) is 9.07 Å². The summed E-state index contributed by atoms with van der Waals surface area (Å²) in [6, 6.07) is 7.09. The molecule has 0 aliphatic carbocycles. The fourth-order valence-corrected chi connectivity index (χ4v) is 2.14. The monoisotopic (exact) mass is 346 g/mol. The molecule has 2 aromatic rings. The van der Waals surface area contributed by atoms with Crippen LogP contribution in [0.1, 0.15) is 29.5 Å². The van der Waals surface area contributed by atoms with Crippen LogP contribution >= 0.6 is 0 Å². The number of hydrogen-bond acceptors (Lipinski definition) is 4. The van der Waals surface area contributed by atoms with Crippen molar-refractivity contribution in [2.45, 2.75) is 20.3 Å². The van der Waals surface area contributed by atoms with Crippen LogP contribution in [-0.4, -0.2) is 34.7 Å². The van der Waals surface area contributed by atoms with Crippen LogP contribution in [0.5, 0.6) is 0 Å². The highest BCUT2D eigenvalue weighted by Crippen LogP contribution is 2.12. The molecular weight excluding hydrogens is 327 g/mol. The van der Waals surface area contributed by atoms with Crippen molar-refractivity contribution in [1.29, 1.82) is 0 Å². The van der Waals surface area contributed by atoms with Gasteiger partial charge in [0.2, 0.25) is 11.3 Å². The third-order valence-electron chi connectivity index (χ3n) is 3.38. The zero-order valence-corrected chi connectivity index (χ0v) is 14.0. The van der Waals surface area contributed by atoms with E-state index in [0.29, 0.717) is 12.2 Å². The van der Waals surface area contributed by atoms with Gasteiger partial charge in [-0.3, -0.25) is 14.4 Å². The van der Waals surface area contributed by atoms with Gasteiger partial charge in [0.15, 0.2) is 5.69 Å². The number of amides is 2. The lowest BCUT2D eigenvalue weighted by Gasteiger charge is -2.12. The summed E-state index contributed by atoms with van der Waals surface area (Å²) < 4.78 is 15.2. The largest absolute Gasteiger partial charge is 0.355 e. The molecule has 0 saturated heterocycles. The van der Waals surface area contributed by atoms with Gasteiger partial charge in [-0.1, -0.05) is 19.1 Å².